The number of nitrogens with zero attached hydrogens (tertiary/aromatic N) is 1. The van der Waals surface area contributed by atoms with Gasteiger partial charge in [0, 0.05) is 32.6 Å². The van der Waals surface area contributed by atoms with Gasteiger partial charge in [0.2, 0.25) is 5.91 Å². The smallest absolute Gasteiger partial charge is 0.216 e. The number of hydrogen-bond donors (Lipinski definition) is 2. The van der Waals surface area contributed by atoms with Gasteiger partial charge in [0.25, 0.3) is 0 Å². The molecule has 0 atom stereocenters. The zero-order chi connectivity index (χ0) is 12.7. The van der Waals surface area contributed by atoms with E-state index in [1.807, 2.05) is 0 Å². The molecule has 1 saturated heterocycles. The fourth-order valence-electron chi connectivity index (χ4n) is 2.21. The highest BCUT2D eigenvalue weighted by molar-refractivity contribution is 5.72. The lowest BCUT2D eigenvalue weighted by Crippen LogP contribution is -2.41. The highest BCUT2D eigenvalue weighted by Gasteiger charge is 2.18. The van der Waals surface area contributed by atoms with E-state index in [0.29, 0.717) is 12.0 Å². The van der Waals surface area contributed by atoms with Crippen LogP contribution < -0.4 is 10.6 Å². The molecule has 0 bridgehead atoms. The first-order valence-corrected chi connectivity index (χ1v) is 6.78. The molecule has 0 spiro atoms. The molecule has 0 aromatic carbocycles. The Morgan fingerprint density at radius 2 is 2.00 bits per heavy atom. The van der Waals surface area contributed by atoms with Gasteiger partial charge >= 0.3 is 0 Å². The molecular formula is C13H27N3O. The Kier molecular flexibility index (Phi) is 6.52. The van der Waals surface area contributed by atoms with E-state index in [1.165, 1.54) is 25.9 Å². The average molecular weight is 241 g/mol. The number of piperidine rings is 1. The van der Waals surface area contributed by atoms with Gasteiger partial charge in [0.1, 0.15) is 0 Å². The summed E-state index contributed by atoms with van der Waals surface area (Å²) in [6.07, 6.45) is 2.42. The van der Waals surface area contributed by atoms with Crippen LogP contribution in [0.4, 0.5) is 0 Å². The Balaban J connectivity index is 2.07. The first-order chi connectivity index (χ1) is 8.08. The van der Waals surface area contributed by atoms with Crippen molar-refractivity contribution in [1.82, 2.24) is 15.5 Å². The third kappa shape index (κ3) is 6.64. The first-order valence-electron chi connectivity index (χ1n) is 6.78. The van der Waals surface area contributed by atoms with E-state index in [0.717, 1.165) is 19.6 Å². The molecule has 4 heteroatoms. The van der Waals surface area contributed by atoms with Crippen LogP contribution in [0, 0.1) is 5.92 Å². The summed E-state index contributed by atoms with van der Waals surface area (Å²) in [5.74, 6) is 0.766. The summed E-state index contributed by atoms with van der Waals surface area (Å²) in [5, 5.41) is 6.36. The Morgan fingerprint density at radius 1 is 1.35 bits per heavy atom. The molecule has 0 saturated carbocycles. The second-order valence-corrected chi connectivity index (χ2v) is 5.33. The number of amides is 1. The lowest BCUT2D eigenvalue weighted by molar-refractivity contribution is -0.119. The van der Waals surface area contributed by atoms with Gasteiger partial charge in [-0.25, -0.2) is 0 Å². The van der Waals surface area contributed by atoms with Crippen molar-refractivity contribution >= 4 is 5.91 Å². The molecule has 1 fully saturated rings. The van der Waals surface area contributed by atoms with Crippen molar-refractivity contribution in [2.75, 3.05) is 32.7 Å². The predicted octanol–water partition coefficient (Wildman–Crippen LogP) is 0.833. The summed E-state index contributed by atoms with van der Waals surface area (Å²) in [4.78, 5) is 13.3. The molecule has 0 aromatic rings. The Bertz CT molecular complexity index is 223. The van der Waals surface area contributed by atoms with Crippen molar-refractivity contribution < 1.29 is 4.79 Å². The molecule has 1 aliphatic rings. The summed E-state index contributed by atoms with van der Waals surface area (Å²) >= 11 is 0. The van der Waals surface area contributed by atoms with Crippen molar-refractivity contribution in [2.45, 2.75) is 39.7 Å². The second kappa shape index (κ2) is 7.67. The van der Waals surface area contributed by atoms with Crippen LogP contribution in [-0.2, 0) is 4.79 Å². The van der Waals surface area contributed by atoms with Gasteiger partial charge in [0.05, 0.1) is 0 Å². The van der Waals surface area contributed by atoms with Crippen LogP contribution in [-0.4, -0.2) is 49.6 Å². The highest BCUT2D eigenvalue weighted by atomic mass is 16.1. The molecule has 2 N–H and O–H groups in total. The SMILES string of the molecule is CC(=O)NCC1CCN(CCNC(C)C)CC1. The standard InChI is InChI=1S/C13H27N3O/c1-11(2)14-6-9-16-7-4-13(5-8-16)10-15-12(3)17/h11,13-14H,4-10H2,1-3H3,(H,15,17). The molecule has 1 aliphatic heterocycles. The van der Waals surface area contributed by atoms with Crippen molar-refractivity contribution in [1.29, 1.82) is 0 Å². The maximum absolute atomic E-state index is 10.8. The van der Waals surface area contributed by atoms with Gasteiger partial charge in [-0.15, -0.1) is 0 Å². The quantitative estimate of drug-likeness (QED) is 0.724. The van der Waals surface area contributed by atoms with Crippen molar-refractivity contribution in [3.8, 4) is 0 Å². The Morgan fingerprint density at radius 3 is 2.53 bits per heavy atom. The third-order valence-electron chi connectivity index (χ3n) is 3.33. The van der Waals surface area contributed by atoms with Gasteiger partial charge in [-0.1, -0.05) is 13.8 Å². The molecule has 0 aromatic heterocycles. The third-order valence-corrected chi connectivity index (χ3v) is 3.33. The Hall–Kier alpha value is -0.610. The minimum absolute atomic E-state index is 0.0913. The number of carbonyl (C=O) groups is 1. The monoisotopic (exact) mass is 241 g/mol. The molecule has 1 rings (SSSR count). The van der Waals surface area contributed by atoms with Crippen LogP contribution >= 0.6 is 0 Å². The second-order valence-electron chi connectivity index (χ2n) is 5.33. The molecule has 17 heavy (non-hydrogen) atoms. The van der Waals surface area contributed by atoms with Gasteiger partial charge in [-0.05, 0) is 31.8 Å². The zero-order valence-corrected chi connectivity index (χ0v) is 11.5. The maximum Gasteiger partial charge on any atom is 0.216 e. The number of likely N-dealkylation sites (tertiary alicyclic amines) is 1. The first kappa shape index (κ1) is 14.5. The highest BCUT2D eigenvalue weighted by Crippen LogP contribution is 2.15. The molecule has 1 heterocycles. The van der Waals surface area contributed by atoms with Gasteiger partial charge < -0.3 is 15.5 Å². The Labute approximate surface area is 105 Å². The van der Waals surface area contributed by atoms with E-state index in [1.54, 1.807) is 6.92 Å². The predicted molar refractivity (Wildman–Crippen MR) is 71.0 cm³/mol. The van der Waals surface area contributed by atoms with Crippen molar-refractivity contribution in [3.05, 3.63) is 0 Å². The molecular weight excluding hydrogens is 214 g/mol. The zero-order valence-electron chi connectivity index (χ0n) is 11.5. The topological polar surface area (TPSA) is 44.4 Å². The molecule has 0 aliphatic carbocycles. The number of rotatable bonds is 6. The van der Waals surface area contributed by atoms with E-state index in [-0.39, 0.29) is 5.91 Å². The van der Waals surface area contributed by atoms with Crippen LogP contribution in [0.1, 0.15) is 33.6 Å². The normalized spacial score (nSPS) is 18.6. The van der Waals surface area contributed by atoms with Gasteiger partial charge in [0.15, 0.2) is 0 Å². The summed E-state index contributed by atoms with van der Waals surface area (Å²) in [5.41, 5.74) is 0. The van der Waals surface area contributed by atoms with E-state index in [2.05, 4.69) is 29.4 Å². The summed E-state index contributed by atoms with van der Waals surface area (Å²) in [6, 6.07) is 0.576. The van der Waals surface area contributed by atoms with Crippen LogP contribution in [0.25, 0.3) is 0 Å². The van der Waals surface area contributed by atoms with Crippen LogP contribution in [0.5, 0.6) is 0 Å². The lowest BCUT2D eigenvalue weighted by atomic mass is 9.97. The molecule has 0 unspecified atom stereocenters. The summed E-state index contributed by atoms with van der Waals surface area (Å²) < 4.78 is 0. The lowest BCUT2D eigenvalue weighted by Gasteiger charge is -2.32. The average Bonchev–Trinajstić information content (AvgIpc) is 2.27. The van der Waals surface area contributed by atoms with E-state index in [9.17, 15) is 4.79 Å². The molecule has 4 nitrogen and oxygen atoms in total. The summed E-state index contributed by atoms with van der Waals surface area (Å²) in [6.45, 7) is 11.4. The molecule has 1 amide bonds. The summed E-state index contributed by atoms with van der Waals surface area (Å²) in [7, 11) is 0. The number of hydrogen-bond acceptors (Lipinski definition) is 3. The molecule has 0 radical (unpaired) electrons. The minimum atomic E-state index is 0.0913. The van der Waals surface area contributed by atoms with Crippen molar-refractivity contribution in [2.24, 2.45) is 5.92 Å². The number of carbonyl (C=O) groups excluding carboxylic acids is 1. The number of nitrogens with one attached hydrogen (secondary N) is 2. The van der Waals surface area contributed by atoms with Crippen LogP contribution in [0.2, 0.25) is 0 Å². The van der Waals surface area contributed by atoms with E-state index in [4.69, 9.17) is 0 Å². The fraction of sp³-hybridized carbons (Fsp3) is 0.923. The van der Waals surface area contributed by atoms with E-state index < -0.39 is 0 Å². The largest absolute Gasteiger partial charge is 0.356 e. The molecule has 100 valence electrons. The van der Waals surface area contributed by atoms with Crippen LogP contribution in [0.3, 0.4) is 0 Å². The van der Waals surface area contributed by atoms with Gasteiger partial charge in [-0.3, -0.25) is 4.79 Å². The van der Waals surface area contributed by atoms with Crippen LogP contribution in [0.15, 0.2) is 0 Å². The minimum Gasteiger partial charge on any atom is -0.356 e. The maximum atomic E-state index is 10.8. The fourth-order valence-corrected chi connectivity index (χ4v) is 2.21. The van der Waals surface area contributed by atoms with Gasteiger partial charge in [-0.2, -0.15) is 0 Å². The van der Waals surface area contributed by atoms with E-state index >= 15 is 0 Å². The van der Waals surface area contributed by atoms with Crippen molar-refractivity contribution in [3.63, 3.8) is 0 Å².